The van der Waals surface area contributed by atoms with Gasteiger partial charge < -0.3 is 14.8 Å². The van der Waals surface area contributed by atoms with Crippen LogP contribution >= 0.6 is 11.6 Å². The number of carbonyl (C=O) groups excluding carboxylic acids is 1. The molecule has 3 rings (SSSR count). The van der Waals surface area contributed by atoms with Crippen molar-refractivity contribution in [3.63, 3.8) is 0 Å². The third-order valence-corrected chi connectivity index (χ3v) is 4.66. The molecule has 0 radical (unpaired) electrons. The maximum atomic E-state index is 12.6. The van der Waals surface area contributed by atoms with E-state index in [1.54, 1.807) is 12.1 Å². The molecule has 1 aromatic heterocycles. The van der Waals surface area contributed by atoms with Gasteiger partial charge in [-0.1, -0.05) is 36.7 Å². The monoisotopic (exact) mass is 427 g/mol. The van der Waals surface area contributed by atoms with Crippen LogP contribution < -0.4 is 14.8 Å². The highest BCUT2D eigenvalue weighted by molar-refractivity contribution is 6.32. The Hall–Kier alpha value is -2.99. The van der Waals surface area contributed by atoms with Gasteiger partial charge in [0, 0.05) is 18.3 Å². The molecule has 0 fully saturated rings. The highest BCUT2D eigenvalue weighted by Crippen LogP contribution is 2.36. The molecule has 0 atom stereocenters. The van der Waals surface area contributed by atoms with E-state index >= 15 is 0 Å². The van der Waals surface area contributed by atoms with E-state index in [9.17, 15) is 4.79 Å². The van der Waals surface area contributed by atoms with E-state index in [0.717, 1.165) is 17.7 Å². The number of nitrogens with one attached hydrogen (secondary N) is 1. The smallest absolute Gasteiger partial charge is 0.251 e. The first-order chi connectivity index (χ1) is 14.6. The second-order valence-corrected chi connectivity index (χ2v) is 7.11. The van der Waals surface area contributed by atoms with E-state index in [1.165, 1.54) is 0 Å². The molecular formula is C23H26ClN3O3. The maximum Gasteiger partial charge on any atom is 0.251 e. The number of hydrogen-bond acceptors (Lipinski definition) is 4. The lowest BCUT2D eigenvalue weighted by Crippen LogP contribution is -2.25. The number of amides is 1. The van der Waals surface area contributed by atoms with E-state index in [1.807, 2.05) is 61.3 Å². The Morgan fingerprint density at radius 1 is 1.17 bits per heavy atom. The number of carbonyl (C=O) groups is 1. The third kappa shape index (κ3) is 5.54. The highest BCUT2D eigenvalue weighted by atomic mass is 35.5. The van der Waals surface area contributed by atoms with Crippen molar-refractivity contribution in [3.05, 3.63) is 71.0 Å². The Morgan fingerprint density at radius 3 is 2.70 bits per heavy atom. The van der Waals surface area contributed by atoms with E-state index < -0.39 is 0 Å². The molecule has 2 aromatic carbocycles. The van der Waals surface area contributed by atoms with Crippen molar-refractivity contribution in [2.45, 2.75) is 26.7 Å². The molecule has 6 nitrogen and oxygen atoms in total. The largest absolute Gasteiger partial charge is 0.490 e. The van der Waals surface area contributed by atoms with Gasteiger partial charge in [-0.25, -0.2) is 4.68 Å². The topological polar surface area (TPSA) is 65.4 Å². The zero-order valence-corrected chi connectivity index (χ0v) is 18.0. The first-order valence-corrected chi connectivity index (χ1v) is 10.5. The van der Waals surface area contributed by atoms with Crippen LogP contribution in [0.1, 0.15) is 36.2 Å². The zero-order chi connectivity index (χ0) is 21.3. The molecular weight excluding hydrogens is 402 g/mol. The molecule has 30 heavy (non-hydrogen) atoms. The summed E-state index contributed by atoms with van der Waals surface area (Å²) in [5.41, 5.74) is 2.47. The lowest BCUT2D eigenvalue weighted by atomic mass is 10.1. The second kappa shape index (κ2) is 10.7. The van der Waals surface area contributed by atoms with Gasteiger partial charge in [-0.05, 0) is 49.6 Å². The van der Waals surface area contributed by atoms with Crippen molar-refractivity contribution in [1.29, 1.82) is 0 Å². The Balaban J connectivity index is 1.61. The molecule has 1 heterocycles. The summed E-state index contributed by atoms with van der Waals surface area (Å²) in [5, 5.41) is 7.67. The maximum absolute atomic E-state index is 12.6. The highest BCUT2D eigenvalue weighted by Gasteiger charge is 2.16. The van der Waals surface area contributed by atoms with Crippen LogP contribution in [0.15, 0.2) is 54.9 Å². The summed E-state index contributed by atoms with van der Waals surface area (Å²) >= 11 is 6.34. The molecule has 0 spiro atoms. The summed E-state index contributed by atoms with van der Waals surface area (Å²) < 4.78 is 13.1. The average molecular weight is 428 g/mol. The van der Waals surface area contributed by atoms with Crippen LogP contribution in [0.5, 0.6) is 11.5 Å². The number of halogens is 1. The molecule has 0 unspecified atom stereocenters. The van der Waals surface area contributed by atoms with Gasteiger partial charge in [-0.15, -0.1) is 0 Å². The van der Waals surface area contributed by atoms with Gasteiger partial charge in [0.05, 0.1) is 30.1 Å². The van der Waals surface area contributed by atoms with E-state index in [4.69, 9.17) is 21.1 Å². The lowest BCUT2D eigenvalue weighted by Gasteiger charge is -2.15. The van der Waals surface area contributed by atoms with Crippen LogP contribution in [-0.2, 0) is 6.42 Å². The fourth-order valence-electron chi connectivity index (χ4n) is 2.94. The molecule has 0 aliphatic rings. The molecule has 0 saturated carbocycles. The summed E-state index contributed by atoms with van der Waals surface area (Å²) in [6.45, 7) is 5.35. The summed E-state index contributed by atoms with van der Waals surface area (Å²) in [6, 6.07) is 13.2. The molecule has 0 aliphatic heterocycles. The quantitative estimate of drug-likeness (QED) is 0.510. The van der Waals surface area contributed by atoms with Crippen molar-refractivity contribution in [3.8, 4) is 17.2 Å². The van der Waals surface area contributed by atoms with Gasteiger partial charge in [0.2, 0.25) is 0 Å². The Bertz CT molecular complexity index is 973. The van der Waals surface area contributed by atoms with Crippen molar-refractivity contribution in [2.75, 3.05) is 19.8 Å². The van der Waals surface area contributed by atoms with Crippen molar-refractivity contribution >= 4 is 17.5 Å². The van der Waals surface area contributed by atoms with Crippen LogP contribution in [0.25, 0.3) is 5.69 Å². The van der Waals surface area contributed by atoms with Crippen LogP contribution in [0.2, 0.25) is 5.02 Å². The predicted molar refractivity (Wildman–Crippen MR) is 118 cm³/mol. The van der Waals surface area contributed by atoms with Crippen molar-refractivity contribution < 1.29 is 14.3 Å². The molecule has 1 amide bonds. The lowest BCUT2D eigenvalue weighted by molar-refractivity contribution is 0.0953. The number of para-hydroxylation sites is 1. The van der Waals surface area contributed by atoms with Gasteiger partial charge in [0.15, 0.2) is 11.5 Å². The van der Waals surface area contributed by atoms with E-state index in [0.29, 0.717) is 48.3 Å². The van der Waals surface area contributed by atoms with Crippen LogP contribution in [0, 0.1) is 0 Å². The Morgan fingerprint density at radius 2 is 1.97 bits per heavy atom. The standard InChI is InChI=1S/C23H26ClN3O3/c1-3-12-30-22-20(24)13-18(14-21(22)29-4-2)23(28)25-11-10-17-15-26-27(16-17)19-8-6-5-7-9-19/h5-9,13-16H,3-4,10-12H2,1-2H3,(H,25,28). The summed E-state index contributed by atoms with van der Waals surface area (Å²) in [6.07, 6.45) is 5.29. The second-order valence-electron chi connectivity index (χ2n) is 6.70. The normalized spacial score (nSPS) is 10.6. The number of hydrogen-bond donors (Lipinski definition) is 1. The first-order valence-electron chi connectivity index (χ1n) is 10.1. The molecule has 0 aliphatic carbocycles. The third-order valence-electron chi connectivity index (χ3n) is 4.38. The Labute approximate surface area is 181 Å². The number of rotatable bonds is 10. The van der Waals surface area contributed by atoms with E-state index in [-0.39, 0.29) is 5.91 Å². The summed E-state index contributed by atoms with van der Waals surface area (Å²) in [5.74, 6) is 0.744. The van der Waals surface area contributed by atoms with Gasteiger partial charge >= 0.3 is 0 Å². The van der Waals surface area contributed by atoms with Crippen molar-refractivity contribution in [1.82, 2.24) is 15.1 Å². The number of aromatic nitrogens is 2. The zero-order valence-electron chi connectivity index (χ0n) is 17.2. The molecule has 3 aromatic rings. The molecule has 0 saturated heterocycles. The van der Waals surface area contributed by atoms with Crippen LogP contribution in [-0.4, -0.2) is 35.4 Å². The number of ether oxygens (including phenoxy) is 2. The first kappa shape index (κ1) is 21.7. The van der Waals surface area contributed by atoms with E-state index in [2.05, 4.69) is 10.4 Å². The number of benzene rings is 2. The minimum absolute atomic E-state index is 0.213. The van der Waals surface area contributed by atoms with Crippen LogP contribution in [0.3, 0.4) is 0 Å². The van der Waals surface area contributed by atoms with Gasteiger partial charge in [0.25, 0.3) is 5.91 Å². The Kier molecular flexibility index (Phi) is 7.74. The van der Waals surface area contributed by atoms with Gasteiger partial charge in [0.1, 0.15) is 0 Å². The summed E-state index contributed by atoms with van der Waals surface area (Å²) in [4.78, 5) is 12.6. The molecule has 1 N–H and O–H groups in total. The van der Waals surface area contributed by atoms with Gasteiger partial charge in [-0.2, -0.15) is 5.10 Å². The summed E-state index contributed by atoms with van der Waals surface area (Å²) in [7, 11) is 0. The fraction of sp³-hybridized carbons (Fsp3) is 0.304. The minimum Gasteiger partial charge on any atom is -0.490 e. The van der Waals surface area contributed by atoms with Gasteiger partial charge in [-0.3, -0.25) is 4.79 Å². The fourth-order valence-corrected chi connectivity index (χ4v) is 3.21. The van der Waals surface area contributed by atoms with Crippen LogP contribution in [0.4, 0.5) is 0 Å². The number of nitrogens with zero attached hydrogens (tertiary/aromatic N) is 2. The van der Waals surface area contributed by atoms with Crippen molar-refractivity contribution in [2.24, 2.45) is 0 Å². The minimum atomic E-state index is -0.213. The SMILES string of the molecule is CCCOc1c(Cl)cc(C(=O)NCCc2cnn(-c3ccccc3)c2)cc1OCC. The average Bonchev–Trinajstić information content (AvgIpc) is 3.23. The predicted octanol–water partition coefficient (Wildman–Crippen LogP) is 4.69. The molecule has 158 valence electrons. The molecule has 7 heteroatoms. The molecule has 0 bridgehead atoms.